The van der Waals surface area contributed by atoms with E-state index in [1.165, 1.54) is 19.4 Å². The molecule has 1 aromatic heterocycles. The fraction of sp³-hybridized carbons (Fsp3) is 0.312. The molecule has 130 valence electrons. The third kappa shape index (κ3) is 4.59. The molecule has 0 spiro atoms. The van der Waals surface area contributed by atoms with Gasteiger partial charge in [-0.05, 0) is 37.6 Å². The number of carbonyl (C=O) groups excluding carboxylic acids is 1. The van der Waals surface area contributed by atoms with Crippen LogP contribution in [-0.2, 0) is 21.3 Å². The lowest BCUT2D eigenvalue weighted by Gasteiger charge is -2.10. The van der Waals surface area contributed by atoms with Gasteiger partial charge in [-0.3, -0.25) is 0 Å². The van der Waals surface area contributed by atoms with E-state index < -0.39 is 16.0 Å². The number of hydrogen-bond donors (Lipinski definition) is 2. The van der Waals surface area contributed by atoms with Crippen molar-refractivity contribution >= 4 is 16.0 Å². The SMILES string of the molecule is COC(=O)c1cc(S(=O)(=O)NCc2ccc(OC(C)C)cc2)c[nH]1. The average Bonchev–Trinajstić information content (AvgIpc) is 3.04. The Balaban J connectivity index is 2.02. The zero-order valence-corrected chi connectivity index (χ0v) is 14.5. The standard InChI is InChI=1S/C16H20N2O5S/c1-11(2)23-13-6-4-12(5-7-13)9-18-24(20,21)14-8-15(17-10-14)16(19)22-3/h4-8,10-11,17-18H,9H2,1-3H3. The molecule has 1 aromatic carbocycles. The number of carbonyl (C=O) groups is 1. The summed E-state index contributed by atoms with van der Waals surface area (Å²) in [6.45, 7) is 3.99. The fourth-order valence-electron chi connectivity index (χ4n) is 1.98. The van der Waals surface area contributed by atoms with Gasteiger partial charge in [-0.1, -0.05) is 12.1 Å². The van der Waals surface area contributed by atoms with Crippen molar-refractivity contribution in [1.82, 2.24) is 9.71 Å². The Morgan fingerprint density at radius 1 is 1.25 bits per heavy atom. The Labute approximate surface area is 141 Å². The first-order valence-electron chi connectivity index (χ1n) is 7.34. The van der Waals surface area contributed by atoms with E-state index in [4.69, 9.17) is 4.74 Å². The van der Waals surface area contributed by atoms with E-state index >= 15 is 0 Å². The maximum Gasteiger partial charge on any atom is 0.354 e. The Morgan fingerprint density at radius 2 is 1.92 bits per heavy atom. The van der Waals surface area contributed by atoms with Crippen LogP contribution >= 0.6 is 0 Å². The molecular formula is C16H20N2O5S. The van der Waals surface area contributed by atoms with Crippen LogP contribution < -0.4 is 9.46 Å². The second-order valence-electron chi connectivity index (χ2n) is 5.38. The maximum absolute atomic E-state index is 12.2. The first kappa shape index (κ1) is 18.0. The molecule has 0 atom stereocenters. The summed E-state index contributed by atoms with van der Waals surface area (Å²) in [4.78, 5) is 13.9. The van der Waals surface area contributed by atoms with Crippen molar-refractivity contribution < 1.29 is 22.7 Å². The minimum Gasteiger partial charge on any atom is -0.491 e. The maximum atomic E-state index is 12.2. The van der Waals surface area contributed by atoms with Crippen molar-refractivity contribution in [2.75, 3.05) is 7.11 Å². The van der Waals surface area contributed by atoms with Crippen LogP contribution in [0.5, 0.6) is 5.75 Å². The summed E-state index contributed by atoms with van der Waals surface area (Å²) >= 11 is 0. The van der Waals surface area contributed by atoms with E-state index in [2.05, 4.69) is 14.4 Å². The number of esters is 1. The second kappa shape index (κ2) is 7.50. The number of hydrogen-bond acceptors (Lipinski definition) is 5. The first-order valence-corrected chi connectivity index (χ1v) is 8.82. The van der Waals surface area contributed by atoms with Crippen LogP contribution in [0.15, 0.2) is 41.4 Å². The van der Waals surface area contributed by atoms with Gasteiger partial charge in [0, 0.05) is 12.7 Å². The largest absolute Gasteiger partial charge is 0.491 e. The molecule has 7 nitrogen and oxygen atoms in total. The summed E-state index contributed by atoms with van der Waals surface area (Å²) in [6, 6.07) is 8.38. The predicted molar refractivity (Wildman–Crippen MR) is 88.4 cm³/mol. The third-order valence-corrected chi connectivity index (χ3v) is 4.51. The van der Waals surface area contributed by atoms with Gasteiger partial charge in [0.15, 0.2) is 0 Å². The number of aromatic nitrogens is 1. The number of ether oxygens (including phenoxy) is 2. The van der Waals surface area contributed by atoms with Crippen LogP contribution in [0, 0.1) is 0 Å². The number of aromatic amines is 1. The highest BCUT2D eigenvalue weighted by molar-refractivity contribution is 7.89. The normalized spacial score (nSPS) is 11.5. The molecule has 2 N–H and O–H groups in total. The van der Waals surface area contributed by atoms with Crippen LogP contribution in [0.2, 0.25) is 0 Å². The Morgan fingerprint density at radius 3 is 2.50 bits per heavy atom. The van der Waals surface area contributed by atoms with Gasteiger partial charge in [-0.25, -0.2) is 17.9 Å². The van der Waals surface area contributed by atoms with Crippen molar-refractivity contribution in [3.63, 3.8) is 0 Å². The smallest absolute Gasteiger partial charge is 0.354 e. The molecule has 2 rings (SSSR count). The summed E-state index contributed by atoms with van der Waals surface area (Å²) in [5, 5.41) is 0. The summed E-state index contributed by atoms with van der Waals surface area (Å²) < 4.78 is 37.0. The molecule has 24 heavy (non-hydrogen) atoms. The third-order valence-electron chi connectivity index (χ3n) is 3.13. The van der Waals surface area contributed by atoms with Crippen LogP contribution in [0.4, 0.5) is 0 Å². The van der Waals surface area contributed by atoms with Gasteiger partial charge in [0.2, 0.25) is 10.0 Å². The van der Waals surface area contributed by atoms with Gasteiger partial charge >= 0.3 is 5.97 Å². The van der Waals surface area contributed by atoms with Crippen molar-refractivity contribution in [2.24, 2.45) is 0 Å². The van der Waals surface area contributed by atoms with E-state index in [0.29, 0.717) is 0 Å². The topological polar surface area (TPSA) is 97.5 Å². The summed E-state index contributed by atoms with van der Waals surface area (Å²) in [5.74, 6) is 0.0992. The lowest BCUT2D eigenvalue weighted by atomic mass is 10.2. The summed E-state index contributed by atoms with van der Waals surface area (Å²) in [6.07, 6.45) is 1.32. The van der Waals surface area contributed by atoms with Crippen LogP contribution in [0.1, 0.15) is 29.9 Å². The van der Waals surface area contributed by atoms with Crippen molar-refractivity contribution in [1.29, 1.82) is 0 Å². The minimum atomic E-state index is -3.73. The minimum absolute atomic E-state index is 0.0253. The van der Waals surface area contributed by atoms with Gasteiger partial charge in [-0.15, -0.1) is 0 Å². The number of rotatable bonds is 7. The lowest BCUT2D eigenvalue weighted by molar-refractivity contribution is 0.0594. The van der Waals surface area contributed by atoms with Crippen molar-refractivity contribution in [2.45, 2.75) is 31.4 Å². The summed E-state index contributed by atoms with van der Waals surface area (Å²) in [7, 11) is -2.50. The van der Waals surface area contributed by atoms with Crippen molar-refractivity contribution in [3.8, 4) is 5.75 Å². The van der Waals surface area contributed by atoms with E-state index in [1.807, 2.05) is 13.8 Å². The second-order valence-corrected chi connectivity index (χ2v) is 7.14. The molecule has 2 aromatic rings. The van der Waals surface area contributed by atoms with Gasteiger partial charge in [0.05, 0.1) is 13.2 Å². The highest BCUT2D eigenvalue weighted by Crippen LogP contribution is 2.15. The fourth-order valence-corrected chi connectivity index (χ4v) is 2.99. The molecule has 0 saturated carbocycles. The molecule has 0 radical (unpaired) electrons. The Bertz CT molecular complexity index is 794. The Hall–Kier alpha value is -2.32. The van der Waals surface area contributed by atoms with E-state index in [-0.39, 0.29) is 23.2 Å². The molecule has 8 heteroatoms. The summed E-state index contributed by atoms with van der Waals surface area (Å²) in [5.41, 5.74) is 0.867. The molecule has 0 saturated heterocycles. The van der Waals surface area contributed by atoms with E-state index in [0.717, 1.165) is 11.3 Å². The highest BCUT2D eigenvalue weighted by atomic mass is 32.2. The molecule has 0 bridgehead atoms. The van der Waals surface area contributed by atoms with Gasteiger partial charge in [0.25, 0.3) is 0 Å². The van der Waals surface area contributed by atoms with Gasteiger partial charge < -0.3 is 14.5 Å². The number of nitrogens with one attached hydrogen (secondary N) is 2. The molecule has 1 heterocycles. The van der Waals surface area contributed by atoms with E-state index in [9.17, 15) is 13.2 Å². The number of sulfonamides is 1. The quantitative estimate of drug-likeness (QED) is 0.744. The average molecular weight is 352 g/mol. The molecule has 0 amide bonds. The van der Waals surface area contributed by atoms with Crippen LogP contribution in [0.25, 0.3) is 0 Å². The first-order chi connectivity index (χ1) is 11.3. The van der Waals surface area contributed by atoms with Gasteiger partial charge in [-0.2, -0.15) is 0 Å². The molecule has 0 aliphatic carbocycles. The van der Waals surface area contributed by atoms with Crippen molar-refractivity contribution in [3.05, 3.63) is 47.8 Å². The number of H-pyrrole nitrogens is 1. The zero-order valence-electron chi connectivity index (χ0n) is 13.7. The van der Waals surface area contributed by atoms with Crippen LogP contribution in [0.3, 0.4) is 0 Å². The zero-order chi connectivity index (χ0) is 17.7. The lowest BCUT2D eigenvalue weighted by Crippen LogP contribution is -2.22. The molecule has 0 unspecified atom stereocenters. The molecular weight excluding hydrogens is 332 g/mol. The Kier molecular flexibility index (Phi) is 5.63. The number of benzene rings is 1. The van der Waals surface area contributed by atoms with E-state index in [1.54, 1.807) is 24.3 Å². The molecule has 0 fully saturated rings. The molecule has 0 aliphatic heterocycles. The van der Waals surface area contributed by atoms with Crippen LogP contribution in [-0.4, -0.2) is 32.6 Å². The molecule has 0 aliphatic rings. The van der Waals surface area contributed by atoms with Gasteiger partial charge in [0.1, 0.15) is 16.3 Å². The predicted octanol–water partition coefficient (Wildman–Crippen LogP) is 2.07. The number of methoxy groups -OCH3 is 1. The monoisotopic (exact) mass is 352 g/mol. The highest BCUT2D eigenvalue weighted by Gasteiger charge is 2.18.